The van der Waals surface area contributed by atoms with Crippen LogP contribution in [0.25, 0.3) is 0 Å². The molecule has 1 nitrogen and oxygen atoms in total. The van der Waals surface area contributed by atoms with Gasteiger partial charge in [0.15, 0.2) is 5.78 Å². The Labute approximate surface area is 119 Å². The molecule has 1 fully saturated rings. The number of carbonyl (C=O) groups is 1. The summed E-state index contributed by atoms with van der Waals surface area (Å²) in [6.45, 7) is 5.67. The highest BCUT2D eigenvalue weighted by atomic mass is 19.1. The lowest BCUT2D eigenvalue weighted by molar-refractivity contribution is 0.0750. The summed E-state index contributed by atoms with van der Waals surface area (Å²) in [5.41, 5.74) is -0.566. The first-order chi connectivity index (χ1) is 9.37. The summed E-state index contributed by atoms with van der Waals surface area (Å²) in [7, 11) is 0. The van der Waals surface area contributed by atoms with Crippen LogP contribution >= 0.6 is 0 Å². The van der Waals surface area contributed by atoms with E-state index in [4.69, 9.17) is 0 Å². The molecule has 0 N–H and O–H groups in total. The van der Waals surface area contributed by atoms with E-state index in [1.54, 1.807) is 6.92 Å². The molecule has 0 unspecified atom stereocenters. The number of halogens is 2. The molecule has 0 heterocycles. The van der Waals surface area contributed by atoms with Crippen molar-refractivity contribution in [1.82, 2.24) is 0 Å². The average Bonchev–Trinajstić information content (AvgIpc) is 2.83. The van der Waals surface area contributed by atoms with E-state index in [0.717, 1.165) is 25.7 Å². The molecule has 0 aromatic heterocycles. The van der Waals surface area contributed by atoms with Crippen molar-refractivity contribution < 1.29 is 13.6 Å². The molecule has 20 heavy (non-hydrogen) atoms. The van der Waals surface area contributed by atoms with Crippen molar-refractivity contribution in [2.75, 3.05) is 0 Å². The smallest absolute Gasteiger partial charge is 0.174 e. The zero-order chi connectivity index (χ0) is 14.9. The van der Waals surface area contributed by atoms with Gasteiger partial charge in [0.1, 0.15) is 11.6 Å². The highest BCUT2D eigenvalue weighted by Gasteiger charge is 2.43. The third kappa shape index (κ3) is 2.63. The number of aryl methyl sites for hydroxylation is 1. The normalized spacial score (nSPS) is 17.7. The minimum absolute atomic E-state index is 0.326. The largest absolute Gasteiger partial charge is 0.293 e. The van der Waals surface area contributed by atoms with Crippen molar-refractivity contribution in [1.29, 1.82) is 0 Å². The Balaban J connectivity index is 2.46. The summed E-state index contributed by atoms with van der Waals surface area (Å²) in [5, 5.41) is 0. The Bertz CT molecular complexity index is 514. The number of hydrogen-bond acceptors (Lipinski definition) is 1. The van der Waals surface area contributed by atoms with Crippen LogP contribution in [-0.2, 0) is 0 Å². The fourth-order valence-electron chi connectivity index (χ4n) is 3.49. The zero-order valence-electron chi connectivity index (χ0n) is 12.4. The maximum absolute atomic E-state index is 14.2. The SMILES string of the molecule is Cc1ccc(F)c(C(=O)C2(CC(C)C)CCCC2)c1F. The molecular formula is C17H22F2O. The van der Waals surface area contributed by atoms with Crippen molar-refractivity contribution in [3.8, 4) is 0 Å². The van der Waals surface area contributed by atoms with Crippen LogP contribution in [0.15, 0.2) is 12.1 Å². The molecule has 1 aliphatic carbocycles. The molecule has 1 saturated carbocycles. The van der Waals surface area contributed by atoms with Gasteiger partial charge in [-0.05, 0) is 43.7 Å². The maximum atomic E-state index is 14.2. The molecule has 0 bridgehead atoms. The lowest BCUT2D eigenvalue weighted by atomic mass is 9.72. The Morgan fingerprint density at radius 3 is 2.40 bits per heavy atom. The molecule has 0 spiro atoms. The fourth-order valence-corrected chi connectivity index (χ4v) is 3.49. The van der Waals surface area contributed by atoms with Crippen LogP contribution < -0.4 is 0 Å². The molecule has 1 aromatic carbocycles. The number of carbonyl (C=O) groups excluding carboxylic acids is 1. The highest BCUT2D eigenvalue weighted by molar-refractivity contribution is 6.01. The van der Waals surface area contributed by atoms with Gasteiger partial charge in [-0.15, -0.1) is 0 Å². The monoisotopic (exact) mass is 280 g/mol. The van der Waals surface area contributed by atoms with Crippen molar-refractivity contribution in [2.45, 2.75) is 52.9 Å². The Morgan fingerprint density at radius 1 is 1.25 bits per heavy atom. The van der Waals surface area contributed by atoms with Gasteiger partial charge in [-0.1, -0.05) is 32.8 Å². The first kappa shape index (κ1) is 15.1. The Morgan fingerprint density at radius 2 is 1.85 bits per heavy atom. The van der Waals surface area contributed by atoms with E-state index < -0.39 is 17.0 Å². The van der Waals surface area contributed by atoms with Crippen LogP contribution in [-0.4, -0.2) is 5.78 Å². The first-order valence-electron chi connectivity index (χ1n) is 7.37. The van der Waals surface area contributed by atoms with E-state index in [0.29, 0.717) is 17.9 Å². The van der Waals surface area contributed by atoms with E-state index in [1.807, 2.05) is 0 Å². The van der Waals surface area contributed by atoms with E-state index >= 15 is 0 Å². The summed E-state index contributed by atoms with van der Waals surface area (Å²) in [5.74, 6) is -1.41. The van der Waals surface area contributed by atoms with Crippen molar-refractivity contribution >= 4 is 5.78 Å². The van der Waals surface area contributed by atoms with Gasteiger partial charge >= 0.3 is 0 Å². The summed E-state index contributed by atoms with van der Waals surface area (Å²) < 4.78 is 28.2. The molecule has 0 atom stereocenters. The quantitative estimate of drug-likeness (QED) is 0.704. The standard InChI is InChI=1S/C17H22F2O/c1-11(2)10-17(8-4-5-9-17)16(20)14-13(18)7-6-12(3)15(14)19/h6-7,11H,4-5,8-10H2,1-3H3. The lowest BCUT2D eigenvalue weighted by Crippen LogP contribution is -2.31. The predicted molar refractivity (Wildman–Crippen MR) is 75.8 cm³/mol. The molecule has 3 heteroatoms. The number of rotatable bonds is 4. The highest BCUT2D eigenvalue weighted by Crippen LogP contribution is 2.46. The van der Waals surface area contributed by atoms with Crippen molar-refractivity contribution in [3.63, 3.8) is 0 Å². The topological polar surface area (TPSA) is 17.1 Å². The third-order valence-corrected chi connectivity index (χ3v) is 4.35. The average molecular weight is 280 g/mol. The van der Waals surface area contributed by atoms with Crippen molar-refractivity contribution in [3.05, 3.63) is 34.9 Å². The molecular weight excluding hydrogens is 258 g/mol. The summed E-state index contributed by atoms with van der Waals surface area (Å²) in [6.07, 6.45) is 4.13. The molecule has 1 aliphatic rings. The number of ketones is 1. The van der Waals surface area contributed by atoms with Crippen LogP contribution in [0, 0.1) is 29.9 Å². The number of benzene rings is 1. The lowest BCUT2D eigenvalue weighted by Gasteiger charge is -2.29. The van der Waals surface area contributed by atoms with E-state index in [9.17, 15) is 13.6 Å². The molecule has 0 saturated heterocycles. The second-order valence-corrected chi connectivity index (χ2v) is 6.47. The fraction of sp³-hybridized carbons (Fsp3) is 0.588. The van der Waals surface area contributed by atoms with Gasteiger partial charge in [-0.3, -0.25) is 4.79 Å². The summed E-state index contributed by atoms with van der Waals surface area (Å²) in [6, 6.07) is 2.58. The predicted octanol–water partition coefficient (Wildman–Crippen LogP) is 5.06. The van der Waals surface area contributed by atoms with Crippen LogP contribution in [0.4, 0.5) is 8.78 Å². The molecule has 2 rings (SSSR count). The molecule has 1 aromatic rings. The van der Waals surface area contributed by atoms with Crippen LogP contribution in [0.5, 0.6) is 0 Å². The zero-order valence-corrected chi connectivity index (χ0v) is 12.4. The van der Waals surface area contributed by atoms with E-state index in [2.05, 4.69) is 13.8 Å². The van der Waals surface area contributed by atoms with Gasteiger partial charge in [-0.25, -0.2) is 8.78 Å². The van der Waals surface area contributed by atoms with Crippen LogP contribution in [0.1, 0.15) is 61.9 Å². The van der Waals surface area contributed by atoms with Crippen LogP contribution in [0.3, 0.4) is 0 Å². The van der Waals surface area contributed by atoms with Crippen molar-refractivity contribution in [2.24, 2.45) is 11.3 Å². The minimum Gasteiger partial charge on any atom is -0.293 e. The van der Waals surface area contributed by atoms with Gasteiger partial charge in [0, 0.05) is 5.41 Å². The molecule has 0 radical (unpaired) electrons. The molecule has 0 aliphatic heterocycles. The first-order valence-corrected chi connectivity index (χ1v) is 7.37. The van der Waals surface area contributed by atoms with Gasteiger partial charge < -0.3 is 0 Å². The van der Waals surface area contributed by atoms with Gasteiger partial charge in [0.05, 0.1) is 5.56 Å². The third-order valence-electron chi connectivity index (χ3n) is 4.35. The van der Waals surface area contributed by atoms with Gasteiger partial charge in [-0.2, -0.15) is 0 Å². The number of hydrogen-bond donors (Lipinski definition) is 0. The summed E-state index contributed by atoms with van der Waals surface area (Å²) >= 11 is 0. The van der Waals surface area contributed by atoms with Gasteiger partial charge in [0.2, 0.25) is 0 Å². The Kier molecular flexibility index (Phi) is 4.26. The van der Waals surface area contributed by atoms with Crippen LogP contribution in [0.2, 0.25) is 0 Å². The minimum atomic E-state index is -0.729. The van der Waals surface area contributed by atoms with E-state index in [1.165, 1.54) is 12.1 Å². The second kappa shape index (κ2) is 5.63. The van der Waals surface area contributed by atoms with E-state index in [-0.39, 0.29) is 11.3 Å². The maximum Gasteiger partial charge on any atom is 0.174 e. The number of Topliss-reactive ketones (excluding diaryl/α,β-unsaturated/α-hetero) is 1. The second-order valence-electron chi connectivity index (χ2n) is 6.47. The summed E-state index contributed by atoms with van der Waals surface area (Å²) in [4.78, 5) is 12.8. The van der Waals surface area contributed by atoms with Gasteiger partial charge in [0.25, 0.3) is 0 Å². The Hall–Kier alpha value is -1.25. The molecule has 110 valence electrons. The molecule has 0 amide bonds.